The molecule has 3 aromatic rings. The first-order valence-electron chi connectivity index (χ1n) is 7.96. The summed E-state index contributed by atoms with van der Waals surface area (Å²) in [5.41, 5.74) is 2.55. The van der Waals surface area contributed by atoms with Gasteiger partial charge >= 0.3 is 0 Å². The van der Waals surface area contributed by atoms with Crippen LogP contribution >= 0.6 is 0 Å². The van der Waals surface area contributed by atoms with Gasteiger partial charge in [-0.3, -0.25) is 0 Å². The van der Waals surface area contributed by atoms with E-state index in [1.807, 2.05) is 36.4 Å². The van der Waals surface area contributed by atoms with E-state index in [1.54, 1.807) is 6.20 Å². The molecule has 1 N–H and O–H groups in total. The Morgan fingerprint density at radius 2 is 1.74 bits per heavy atom. The number of hydrogen-bond donors (Lipinski definition) is 1. The smallest absolute Gasteiger partial charge is 0.162 e. The van der Waals surface area contributed by atoms with Crippen LogP contribution in [-0.4, -0.2) is 38.5 Å². The fourth-order valence-corrected chi connectivity index (χ4v) is 2.89. The Bertz CT molecular complexity index is 763. The van der Waals surface area contributed by atoms with E-state index in [0.29, 0.717) is 0 Å². The first-order chi connectivity index (χ1) is 11.4. The Labute approximate surface area is 134 Å². The number of nitrogens with one attached hydrogen (secondary N) is 1. The van der Waals surface area contributed by atoms with E-state index in [-0.39, 0.29) is 0 Å². The van der Waals surface area contributed by atoms with Crippen LogP contribution in [0.4, 0.5) is 5.82 Å². The van der Waals surface area contributed by atoms with E-state index >= 15 is 0 Å². The van der Waals surface area contributed by atoms with E-state index < -0.39 is 0 Å². The van der Waals surface area contributed by atoms with Crippen molar-refractivity contribution in [1.82, 2.24) is 25.4 Å². The molecule has 1 aromatic carbocycles. The molecule has 1 saturated heterocycles. The van der Waals surface area contributed by atoms with Gasteiger partial charge in [0.2, 0.25) is 0 Å². The largest absolute Gasteiger partial charge is 0.356 e. The van der Waals surface area contributed by atoms with Gasteiger partial charge in [-0.05, 0) is 19.3 Å². The van der Waals surface area contributed by atoms with Crippen LogP contribution in [0.15, 0.2) is 42.6 Å². The third-order valence-corrected chi connectivity index (χ3v) is 4.10. The summed E-state index contributed by atoms with van der Waals surface area (Å²) in [4.78, 5) is 11.8. The molecule has 0 spiro atoms. The lowest BCUT2D eigenvalue weighted by Crippen LogP contribution is -2.30. The average Bonchev–Trinajstić information content (AvgIpc) is 3.18. The normalized spacial score (nSPS) is 14.9. The number of rotatable bonds is 3. The second kappa shape index (κ2) is 6.16. The molecule has 0 saturated carbocycles. The van der Waals surface area contributed by atoms with Crippen molar-refractivity contribution < 1.29 is 0 Å². The van der Waals surface area contributed by atoms with E-state index in [0.717, 1.165) is 41.7 Å². The molecule has 0 radical (unpaired) electrons. The minimum Gasteiger partial charge on any atom is -0.356 e. The molecule has 0 atom stereocenters. The number of aromatic nitrogens is 5. The summed E-state index contributed by atoms with van der Waals surface area (Å²) in [5.74, 6) is 1.70. The molecule has 0 aliphatic carbocycles. The van der Waals surface area contributed by atoms with E-state index in [4.69, 9.17) is 4.98 Å². The van der Waals surface area contributed by atoms with Gasteiger partial charge in [0.05, 0.1) is 11.9 Å². The van der Waals surface area contributed by atoms with Gasteiger partial charge in [0, 0.05) is 24.7 Å². The fraction of sp³-hybridized carbons (Fsp3) is 0.294. The zero-order valence-corrected chi connectivity index (χ0v) is 12.8. The zero-order chi connectivity index (χ0) is 15.5. The second-order valence-electron chi connectivity index (χ2n) is 5.70. The zero-order valence-electron chi connectivity index (χ0n) is 12.8. The molecular weight excluding hydrogens is 288 g/mol. The third-order valence-electron chi connectivity index (χ3n) is 4.10. The van der Waals surface area contributed by atoms with E-state index in [1.165, 1.54) is 19.3 Å². The molecule has 1 fully saturated rings. The van der Waals surface area contributed by atoms with Crippen molar-refractivity contribution in [2.24, 2.45) is 0 Å². The van der Waals surface area contributed by atoms with Crippen LogP contribution in [0.1, 0.15) is 19.3 Å². The molecular formula is C17H18N6. The minimum absolute atomic E-state index is 0.728. The van der Waals surface area contributed by atoms with Crippen molar-refractivity contribution in [3.63, 3.8) is 0 Å². The number of H-pyrrole nitrogens is 1. The number of piperidine rings is 1. The van der Waals surface area contributed by atoms with Crippen LogP contribution in [0.2, 0.25) is 0 Å². The standard InChI is InChI=1S/C17H18N6/c1-3-7-13(8-4-1)17-19-14(15-12-18-22-21-15)11-16(20-17)23-9-5-2-6-10-23/h1,3-4,7-8,11-12H,2,5-6,9-10H2,(H,18,21,22). The Kier molecular flexibility index (Phi) is 3.71. The summed E-state index contributed by atoms with van der Waals surface area (Å²) in [7, 11) is 0. The summed E-state index contributed by atoms with van der Waals surface area (Å²) in [6.45, 7) is 2.09. The lowest BCUT2D eigenvalue weighted by Gasteiger charge is -2.28. The summed E-state index contributed by atoms with van der Waals surface area (Å²) in [6.07, 6.45) is 5.41. The molecule has 6 nitrogen and oxygen atoms in total. The number of hydrogen-bond acceptors (Lipinski definition) is 5. The Morgan fingerprint density at radius 1 is 0.913 bits per heavy atom. The maximum atomic E-state index is 4.79. The van der Waals surface area contributed by atoms with Gasteiger partial charge < -0.3 is 4.90 Å². The van der Waals surface area contributed by atoms with Crippen LogP contribution in [0.5, 0.6) is 0 Å². The molecule has 1 aliphatic rings. The van der Waals surface area contributed by atoms with Crippen molar-refractivity contribution in [3.8, 4) is 22.8 Å². The highest BCUT2D eigenvalue weighted by Crippen LogP contribution is 2.26. The lowest BCUT2D eigenvalue weighted by atomic mass is 10.1. The van der Waals surface area contributed by atoms with Crippen molar-refractivity contribution in [1.29, 1.82) is 0 Å². The topological polar surface area (TPSA) is 70.6 Å². The van der Waals surface area contributed by atoms with Gasteiger partial charge in [0.1, 0.15) is 11.5 Å². The first-order valence-corrected chi connectivity index (χ1v) is 7.96. The highest BCUT2D eigenvalue weighted by molar-refractivity contribution is 5.65. The molecule has 6 heteroatoms. The summed E-state index contributed by atoms with van der Waals surface area (Å²) >= 11 is 0. The molecule has 2 aromatic heterocycles. The predicted octanol–water partition coefficient (Wildman–Crippen LogP) is 2.92. The number of nitrogens with zero attached hydrogens (tertiary/aromatic N) is 5. The van der Waals surface area contributed by atoms with Gasteiger partial charge in [-0.15, -0.1) is 0 Å². The molecule has 3 heterocycles. The van der Waals surface area contributed by atoms with Gasteiger partial charge in [-0.1, -0.05) is 30.3 Å². The highest BCUT2D eigenvalue weighted by Gasteiger charge is 2.16. The van der Waals surface area contributed by atoms with Gasteiger partial charge in [-0.2, -0.15) is 15.4 Å². The molecule has 0 unspecified atom stereocenters. The maximum absolute atomic E-state index is 4.79. The molecule has 116 valence electrons. The van der Waals surface area contributed by atoms with Gasteiger partial charge in [0.25, 0.3) is 0 Å². The Balaban J connectivity index is 1.80. The SMILES string of the molecule is c1ccc(-c2nc(-c3cn[nH]n3)cc(N3CCCCC3)n2)cc1. The average molecular weight is 306 g/mol. The van der Waals surface area contributed by atoms with Crippen LogP contribution in [0.3, 0.4) is 0 Å². The van der Waals surface area contributed by atoms with Crippen molar-refractivity contribution in [3.05, 3.63) is 42.6 Å². The summed E-state index contributed by atoms with van der Waals surface area (Å²) in [6, 6.07) is 12.1. The van der Waals surface area contributed by atoms with E-state index in [2.05, 4.69) is 25.3 Å². The molecule has 1 aliphatic heterocycles. The predicted molar refractivity (Wildman–Crippen MR) is 88.9 cm³/mol. The number of aromatic amines is 1. The number of benzene rings is 1. The summed E-state index contributed by atoms with van der Waals surface area (Å²) < 4.78 is 0. The van der Waals surface area contributed by atoms with Crippen LogP contribution in [-0.2, 0) is 0 Å². The highest BCUT2D eigenvalue weighted by atomic mass is 15.3. The lowest BCUT2D eigenvalue weighted by molar-refractivity contribution is 0.573. The Hall–Kier alpha value is -2.76. The maximum Gasteiger partial charge on any atom is 0.162 e. The molecule has 4 rings (SSSR count). The van der Waals surface area contributed by atoms with Crippen LogP contribution < -0.4 is 4.90 Å². The van der Waals surface area contributed by atoms with Crippen LogP contribution in [0.25, 0.3) is 22.8 Å². The molecule has 0 amide bonds. The molecule has 0 bridgehead atoms. The fourth-order valence-electron chi connectivity index (χ4n) is 2.89. The monoisotopic (exact) mass is 306 g/mol. The van der Waals surface area contributed by atoms with Crippen molar-refractivity contribution in [2.45, 2.75) is 19.3 Å². The van der Waals surface area contributed by atoms with Crippen molar-refractivity contribution >= 4 is 5.82 Å². The van der Waals surface area contributed by atoms with Crippen LogP contribution in [0, 0.1) is 0 Å². The minimum atomic E-state index is 0.728. The van der Waals surface area contributed by atoms with Gasteiger partial charge in [0.15, 0.2) is 5.82 Å². The third kappa shape index (κ3) is 2.92. The second-order valence-corrected chi connectivity index (χ2v) is 5.70. The quantitative estimate of drug-likeness (QED) is 0.805. The molecule has 23 heavy (non-hydrogen) atoms. The Morgan fingerprint density at radius 3 is 2.48 bits per heavy atom. The number of anilines is 1. The van der Waals surface area contributed by atoms with E-state index in [9.17, 15) is 0 Å². The van der Waals surface area contributed by atoms with Gasteiger partial charge in [-0.25, -0.2) is 9.97 Å². The summed E-state index contributed by atoms with van der Waals surface area (Å²) in [5, 5.41) is 10.7. The van der Waals surface area contributed by atoms with Crippen molar-refractivity contribution in [2.75, 3.05) is 18.0 Å². The first kappa shape index (κ1) is 13.9.